The molecule has 208 valence electrons. The van der Waals surface area contributed by atoms with E-state index in [1.165, 1.54) is 11.8 Å². The van der Waals surface area contributed by atoms with Gasteiger partial charge < -0.3 is 42.2 Å². The number of carbonyl (C=O) groups is 4. The number of aliphatic hydroxyl groups is 1. The Labute approximate surface area is 221 Å². The summed E-state index contributed by atoms with van der Waals surface area (Å²) in [5.74, 6) is -2.98. The van der Waals surface area contributed by atoms with Crippen molar-refractivity contribution in [2.45, 2.75) is 75.7 Å². The highest BCUT2D eigenvalue weighted by atomic mass is 16.4. The number of nitrogens with two attached hydrogens (primary N) is 2. The zero-order valence-corrected chi connectivity index (χ0v) is 21.6. The molecule has 5 atom stereocenters. The van der Waals surface area contributed by atoms with Gasteiger partial charge in [-0.1, -0.05) is 24.6 Å². The molecular formula is C26H38N6O6. The van der Waals surface area contributed by atoms with Gasteiger partial charge in [0, 0.05) is 30.1 Å². The molecule has 3 amide bonds. The Morgan fingerprint density at radius 3 is 2.61 bits per heavy atom. The number of benzene rings is 1. The molecule has 2 aromatic rings. The van der Waals surface area contributed by atoms with Gasteiger partial charge in [-0.3, -0.25) is 14.4 Å². The molecule has 3 rings (SSSR count). The number of aromatic nitrogens is 1. The van der Waals surface area contributed by atoms with Gasteiger partial charge in [0.25, 0.3) is 0 Å². The van der Waals surface area contributed by atoms with E-state index in [0.29, 0.717) is 32.2 Å². The lowest BCUT2D eigenvalue weighted by Gasteiger charge is -2.30. The quantitative estimate of drug-likeness (QED) is 0.169. The normalized spacial score (nSPS) is 18.5. The van der Waals surface area contributed by atoms with E-state index < -0.39 is 54.0 Å². The molecule has 0 spiro atoms. The predicted molar refractivity (Wildman–Crippen MR) is 141 cm³/mol. The molecule has 1 aliphatic heterocycles. The van der Waals surface area contributed by atoms with Gasteiger partial charge >= 0.3 is 5.97 Å². The molecule has 1 fully saturated rings. The molecule has 12 heteroatoms. The van der Waals surface area contributed by atoms with Crippen LogP contribution in [0.4, 0.5) is 0 Å². The summed E-state index contributed by atoms with van der Waals surface area (Å²) in [7, 11) is 0. The maximum atomic E-state index is 13.8. The lowest BCUT2D eigenvalue weighted by Crippen LogP contribution is -2.58. The Hall–Kier alpha value is -3.48. The molecule has 1 saturated heterocycles. The van der Waals surface area contributed by atoms with Crippen LogP contribution in [0.5, 0.6) is 0 Å². The van der Waals surface area contributed by atoms with Crippen molar-refractivity contribution in [1.29, 1.82) is 0 Å². The summed E-state index contributed by atoms with van der Waals surface area (Å²) >= 11 is 0. The lowest BCUT2D eigenvalue weighted by atomic mass is 10.0. The third-order valence-corrected chi connectivity index (χ3v) is 6.90. The Morgan fingerprint density at radius 1 is 1.18 bits per heavy atom. The van der Waals surface area contributed by atoms with E-state index in [4.69, 9.17) is 11.5 Å². The van der Waals surface area contributed by atoms with Gasteiger partial charge in [-0.2, -0.15) is 0 Å². The van der Waals surface area contributed by atoms with Gasteiger partial charge in [0.1, 0.15) is 12.1 Å². The number of fused-ring (bicyclic) bond motifs is 1. The van der Waals surface area contributed by atoms with Crippen LogP contribution in [0.1, 0.15) is 44.6 Å². The maximum absolute atomic E-state index is 13.8. The molecule has 0 aliphatic carbocycles. The van der Waals surface area contributed by atoms with Crippen LogP contribution in [0.15, 0.2) is 30.5 Å². The number of H-pyrrole nitrogens is 1. The second-order valence-electron chi connectivity index (χ2n) is 9.77. The number of aliphatic carboxylic acids is 1. The van der Waals surface area contributed by atoms with Gasteiger partial charge in [-0.25, -0.2) is 4.79 Å². The maximum Gasteiger partial charge on any atom is 0.328 e. The summed E-state index contributed by atoms with van der Waals surface area (Å²) < 4.78 is 0. The highest BCUT2D eigenvalue weighted by Crippen LogP contribution is 2.23. The number of carboxylic acid groups (broad SMARTS) is 1. The standard InChI is InChI=1S/C26H38N6O6/c1-15(33)22(26(37)38)31-24(35)21-10-6-12-32(21)25(36)20(30-23(34)18(28)8-4-5-11-27)13-16-14-29-19-9-3-2-7-17(16)19/h2-3,7,9,14-15,18,20-22,29,33H,4-6,8,10-13,27-28H2,1H3,(H,30,34)(H,31,35)(H,37,38). The van der Waals surface area contributed by atoms with E-state index in [1.807, 2.05) is 24.3 Å². The number of nitrogens with one attached hydrogen (secondary N) is 3. The fraction of sp³-hybridized carbons (Fsp3) is 0.538. The summed E-state index contributed by atoms with van der Waals surface area (Å²) in [5.41, 5.74) is 13.3. The van der Waals surface area contributed by atoms with Crippen LogP contribution >= 0.6 is 0 Å². The van der Waals surface area contributed by atoms with E-state index in [9.17, 15) is 29.4 Å². The fourth-order valence-corrected chi connectivity index (χ4v) is 4.78. The molecule has 1 aliphatic rings. The Bertz CT molecular complexity index is 1130. The number of nitrogens with zero attached hydrogens (tertiary/aromatic N) is 1. The number of aliphatic hydroxyl groups excluding tert-OH is 1. The summed E-state index contributed by atoms with van der Waals surface area (Å²) in [4.78, 5) is 55.7. The molecule has 12 nitrogen and oxygen atoms in total. The molecule has 2 heterocycles. The Morgan fingerprint density at radius 2 is 1.92 bits per heavy atom. The van der Waals surface area contributed by atoms with Crippen molar-refractivity contribution in [2.75, 3.05) is 13.1 Å². The molecule has 0 saturated carbocycles. The van der Waals surface area contributed by atoms with Crippen molar-refractivity contribution in [1.82, 2.24) is 20.5 Å². The van der Waals surface area contributed by atoms with Crippen molar-refractivity contribution in [3.63, 3.8) is 0 Å². The number of amides is 3. The third-order valence-electron chi connectivity index (χ3n) is 6.90. The van der Waals surface area contributed by atoms with Crippen LogP contribution < -0.4 is 22.1 Å². The van der Waals surface area contributed by atoms with Crippen LogP contribution in [0.25, 0.3) is 10.9 Å². The highest BCUT2D eigenvalue weighted by Gasteiger charge is 2.40. The number of hydrogen-bond acceptors (Lipinski definition) is 7. The van der Waals surface area contributed by atoms with E-state index in [-0.39, 0.29) is 13.0 Å². The first-order valence-electron chi connectivity index (χ1n) is 13.0. The monoisotopic (exact) mass is 530 g/mol. The van der Waals surface area contributed by atoms with E-state index in [0.717, 1.165) is 22.9 Å². The smallest absolute Gasteiger partial charge is 0.328 e. The number of para-hydroxylation sites is 1. The largest absolute Gasteiger partial charge is 0.480 e. The zero-order chi connectivity index (χ0) is 27.8. The number of unbranched alkanes of at least 4 members (excludes halogenated alkanes) is 1. The van der Waals surface area contributed by atoms with E-state index in [2.05, 4.69) is 15.6 Å². The molecular weight excluding hydrogens is 492 g/mol. The van der Waals surface area contributed by atoms with Crippen molar-refractivity contribution in [3.8, 4) is 0 Å². The van der Waals surface area contributed by atoms with Gasteiger partial charge in [0.05, 0.1) is 12.1 Å². The molecule has 1 aromatic carbocycles. The van der Waals surface area contributed by atoms with Crippen LogP contribution in [-0.2, 0) is 25.6 Å². The van der Waals surface area contributed by atoms with Crippen molar-refractivity contribution in [3.05, 3.63) is 36.0 Å². The first-order valence-corrected chi connectivity index (χ1v) is 13.0. The third kappa shape index (κ3) is 7.09. The fourth-order valence-electron chi connectivity index (χ4n) is 4.78. The van der Waals surface area contributed by atoms with Crippen LogP contribution in [-0.4, -0.2) is 87.1 Å². The van der Waals surface area contributed by atoms with E-state index in [1.54, 1.807) is 6.20 Å². The first-order chi connectivity index (χ1) is 18.1. The highest BCUT2D eigenvalue weighted by molar-refractivity contribution is 5.95. The van der Waals surface area contributed by atoms with Crippen LogP contribution in [0.2, 0.25) is 0 Å². The minimum absolute atomic E-state index is 0.167. The second kappa shape index (κ2) is 13.4. The van der Waals surface area contributed by atoms with E-state index >= 15 is 0 Å². The van der Waals surface area contributed by atoms with Crippen molar-refractivity contribution in [2.24, 2.45) is 11.5 Å². The van der Waals surface area contributed by atoms with Gasteiger partial charge in [0.15, 0.2) is 6.04 Å². The number of hydrogen-bond donors (Lipinski definition) is 7. The summed E-state index contributed by atoms with van der Waals surface area (Å²) in [6, 6.07) is 3.34. The van der Waals surface area contributed by atoms with Crippen molar-refractivity contribution < 1.29 is 29.4 Å². The average Bonchev–Trinajstić information content (AvgIpc) is 3.53. The Balaban J connectivity index is 1.82. The molecule has 38 heavy (non-hydrogen) atoms. The van der Waals surface area contributed by atoms with Gasteiger partial charge in [-0.05, 0) is 50.8 Å². The minimum atomic E-state index is -1.51. The Kier molecular flexibility index (Phi) is 10.2. The average molecular weight is 531 g/mol. The summed E-state index contributed by atoms with van der Waals surface area (Å²) in [5, 5.41) is 25.1. The topological polar surface area (TPSA) is 204 Å². The molecule has 9 N–H and O–H groups in total. The SMILES string of the molecule is CC(O)C(NC(=O)C1CCCN1C(=O)C(Cc1c[nH]c2ccccc12)NC(=O)C(N)CCCCN)C(=O)O. The first kappa shape index (κ1) is 29.1. The predicted octanol–water partition coefficient (Wildman–Crippen LogP) is -0.407. The number of carboxylic acids is 1. The number of carbonyl (C=O) groups excluding carboxylic acids is 3. The number of aromatic amines is 1. The minimum Gasteiger partial charge on any atom is -0.480 e. The van der Waals surface area contributed by atoms with Crippen LogP contribution in [0.3, 0.4) is 0 Å². The molecule has 0 bridgehead atoms. The number of rotatable bonds is 13. The zero-order valence-electron chi connectivity index (χ0n) is 21.6. The molecule has 0 radical (unpaired) electrons. The summed E-state index contributed by atoms with van der Waals surface area (Å²) in [6.07, 6.45) is 3.31. The number of likely N-dealkylation sites (tertiary alicyclic amines) is 1. The van der Waals surface area contributed by atoms with Crippen molar-refractivity contribution >= 4 is 34.6 Å². The molecule has 5 unspecified atom stereocenters. The van der Waals surface area contributed by atoms with Gasteiger partial charge in [-0.15, -0.1) is 0 Å². The van der Waals surface area contributed by atoms with Gasteiger partial charge in [0.2, 0.25) is 17.7 Å². The van der Waals surface area contributed by atoms with Crippen LogP contribution in [0, 0.1) is 0 Å². The second-order valence-corrected chi connectivity index (χ2v) is 9.77. The summed E-state index contributed by atoms with van der Waals surface area (Å²) in [6.45, 7) is 2.03. The lowest BCUT2D eigenvalue weighted by molar-refractivity contribution is -0.147. The molecule has 1 aromatic heterocycles.